The molecule has 0 saturated heterocycles. The Morgan fingerprint density at radius 3 is 2.93 bits per heavy atom. The molecule has 3 rings (SSSR count). The number of thiocarbonyl (C=S) groups is 1. The summed E-state index contributed by atoms with van der Waals surface area (Å²) in [4.78, 5) is 4.33. The van der Waals surface area contributed by atoms with Crippen LogP contribution in [0.15, 0.2) is 65.7 Å². The van der Waals surface area contributed by atoms with Crippen LogP contribution in [0.1, 0.15) is 5.89 Å². The van der Waals surface area contributed by atoms with Gasteiger partial charge >= 0.3 is 0 Å². The molecule has 2 N–H and O–H groups in total. The van der Waals surface area contributed by atoms with Crippen molar-refractivity contribution in [2.24, 2.45) is 0 Å². The zero-order valence-corrected chi connectivity index (χ0v) is 15.9. The van der Waals surface area contributed by atoms with Gasteiger partial charge in [-0.05, 0) is 36.5 Å². The fraction of sp³-hybridized carbons (Fsp3) is 0.105. The van der Waals surface area contributed by atoms with Gasteiger partial charge in [0.05, 0.1) is 6.54 Å². The van der Waals surface area contributed by atoms with Crippen LogP contribution in [-0.4, -0.2) is 21.9 Å². The van der Waals surface area contributed by atoms with E-state index in [1.54, 1.807) is 18.2 Å². The molecule has 0 aliphatic carbocycles. The minimum atomic E-state index is 0.298. The number of rotatable bonds is 7. The quantitative estimate of drug-likeness (QED) is 0.448. The summed E-state index contributed by atoms with van der Waals surface area (Å²) in [5, 5.41) is 11.1. The van der Waals surface area contributed by atoms with E-state index >= 15 is 0 Å². The van der Waals surface area contributed by atoms with Crippen LogP contribution in [0.3, 0.4) is 0 Å². The van der Waals surface area contributed by atoms with Crippen LogP contribution in [0.4, 0.5) is 5.69 Å². The molecule has 6 nitrogen and oxygen atoms in total. The summed E-state index contributed by atoms with van der Waals surface area (Å²) in [5.74, 6) is 1.61. The minimum Gasteiger partial charge on any atom is -0.489 e. The van der Waals surface area contributed by atoms with Gasteiger partial charge in [-0.15, -0.1) is 0 Å². The lowest BCUT2D eigenvalue weighted by molar-refractivity contribution is 0.363. The summed E-state index contributed by atoms with van der Waals surface area (Å²) in [6, 6.07) is 14.7. The van der Waals surface area contributed by atoms with Gasteiger partial charge in [-0.25, -0.2) is 0 Å². The first-order valence-electron chi connectivity index (χ1n) is 8.11. The van der Waals surface area contributed by atoms with Crippen LogP contribution < -0.4 is 15.4 Å². The van der Waals surface area contributed by atoms with Crippen molar-refractivity contribution in [2.45, 2.75) is 6.54 Å². The summed E-state index contributed by atoms with van der Waals surface area (Å²) < 4.78 is 10.7. The van der Waals surface area contributed by atoms with Crippen molar-refractivity contribution in [1.29, 1.82) is 0 Å². The van der Waals surface area contributed by atoms with E-state index in [4.69, 9.17) is 33.1 Å². The number of nitrogens with one attached hydrogen (secondary N) is 2. The van der Waals surface area contributed by atoms with Crippen molar-refractivity contribution >= 4 is 34.6 Å². The summed E-state index contributed by atoms with van der Waals surface area (Å²) in [6.07, 6.45) is 1.69. The Labute approximate surface area is 167 Å². The van der Waals surface area contributed by atoms with Gasteiger partial charge in [0.15, 0.2) is 5.11 Å². The standard InChI is InChI=1S/C19H17ClN4O2S/c1-2-9-25-16-8-4-7-15(11-16)22-19(27)21-12-17-23-18(24-26-17)13-5-3-6-14(20)10-13/h2-8,10-11H,1,9,12H2,(H2,21,22,27). The fourth-order valence-corrected chi connectivity index (χ4v) is 2.60. The molecule has 0 bridgehead atoms. The summed E-state index contributed by atoms with van der Waals surface area (Å²) in [7, 11) is 0. The molecule has 27 heavy (non-hydrogen) atoms. The van der Waals surface area contributed by atoms with Gasteiger partial charge in [-0.1, -0.05) is 47.6 Å². The summed E-state index contributed by atoms with van der Waals surface area (Å²) in [6.45, 7) is 4.37. The van der Waals surface area contributed by atoms with Crippen LogP contribution in [0.2, 0.25) is 5.02 Å². The third-order valence-corrected chi connectivity index (χ3v) is 3.89. The highest BCUT2D eigenvalue weighted by molar-refractivity contribution is 7.80. The molecule has 0 aliphatic rings. The molecule has 0 aliphatic heterocycles. The van der Waals surface area contributed by atoms with Crippen molar-refractivity contribution in [1.82, 2.24) is 15.5 Å². The molecule has 1 aromatic heterocycles. The molecule has 0 fully saturated rings. The molecule has 0 radical (unpaired) electrons. The Bertz CT molecular complexity index is 945. The highest BCUT2D eigenvalue weighted by Gasteiger charge is 2.09. The number of halogens is 1. The van der Waals surface area contributed by atoms with Crippen molar-refractivity contribution in [3.05, 3.63) is 72.1 Å². The summed E-state index contributed by atoms with van der Waals surface area (Å²) in [5.41, 5.74) is 1.59. The van der Waals surface area contributed by atoms with E-state index in [1.807, 2.05) is 36.4 Å². The van der Waals surface area contributed by atoms with Crippen LogP contribution >= 0.6 is 23.8 Å². The van der Waals surface area contributed by atoms with Crippen molar-refractivity contribution < 1.29 is 9.26 Å². The van der Waals surface area contributed by atoms with Gasteiger partial charge in [-0.2, -0.15) is 4.98 Å². The maximum atomic E-state index is 5.98. The monoisotopic (exact) mass is 400 g/mol. The molecule has 0 atom stereocenters. The lowest BCUT2D eigenvalue weighted by Gasteiger charge is -2.10. The lowest BCUT2D eigenvalue weighted by atomic mass is 10.2. The van der Waals surface area contributed by atoms with E-state index < -0.39 is 0 Å². The molecule has 0 amide bonds. The van der Waals surface area contributed by atoms with E-state index in [0.29, 0.717) is 35.0 Å². The molecule has 0 saturated carbocycles. The molecular weight excluding hydrogens is 384 g/mol. The van der Waals surface area contributed by atoms with Gasteiger partial charge in [0, 0.05) is 22.3 Å². The van der Waals surface area contributed by atoms with E-state index in [9.17, 15) is 0 Å². The van der Waals surface area contributed by atoms with Gasteiger partial charge in [0.1, 0.15) is 12.4 Å². The average molecular weight is 401 g/mol. The minimum absolute atomic E-state index is 0.298. The van der Waals surface area contributed by atoms with E-state index in [0.717, 1.165) is 17.0 Å². The number of ether oxygens (including phenoxy) is 1. The number of hydrogen-bond acceptors (Lipinski definition) is 5. The maximum Gasteiger partial charge on any atom is 0.246 e. The third kappa shape index (κ3) is 5.54. The molecule has 138 valence electrons. The Morgan fingerprint density at radius 2 is 2.11 bits per heavy atom. The predicted octanol–water partition coefficient (Wildman–Crippen LogP) is 4.44. The van der Waals surface area contributed by atoms with Gasteiger partial charge in [0.25, 0.3) is 0 Å². The number of anilines is 1. The third-order valence-electron chi connectivity index (χ3n) is 3.41. The van der Waals surface area contributed by atoms with Crippen LogP contribution in [0.25, 0.3) is 11.4 Å². The number of aromatic nitrogens is 2. The number of nitrogens with zero attached hydrogens (tertiary/aromatic N) is 2. The molecule has 8 heteroatoms. The maximum absolute atomic E-state index is 5.98. The smallest absolute Gasteiger partial charge is 0.246 e. The zero-order valence-electron chi connectivity index (χ0n) is 14.3. The molecule has 3 aromatic rings. The highest BCUT2D eigenvalue weighted by atomic mass is 35.5. The average Bonchev–Trinajstić information content (AvgIpc) is 3.14. The van der Waals surface area contributed by atoms with Crippen molar-refractivity contribution in [3.63, 3.8) is 0 Å². The Morgan fingerprint density at radius 1 is 1.26 bits per heavy atom. The SMILES string of the molecule is C=CCOc1cccc(NC(=S)NCc2nc(-c3cccc(Cl)c3)no2)c1. The van der Waals surface area contributed by atoms with Crippen LogP contribution in [-0.2, 0) is 6.54 Å². The Balaban J connectivity index is 1.54. The topological polar surface area (TPSA) is 72.2 Å². The lowest BCUT2D eigenvalue weighted by Crippen LogP contribution is -2.28. The Hall–Kier alpha value is -2.90. The summed E-state index contributed by atoms with van der Waals surface area (Å²) >= 11 is 11.3. The van der Waals surface area contributed by atoms with Crippen LogP contribution in [0, 0.1) is 0 Å². The molecule has 0 unspecified atom stereocenters. The second-order valence-electron chi connectivity index (χ2n) is 5.46. The van der Waals surface area contributed by atoms with Crippen LogP contribution in [0.5, 0.6) is 5.75 Å². The second kappa shape index (κ2) is 9.16. The number of hydrogen-bond donors (Lipinski definition) is 2. The Kier molecular flexibility index (Phi) is 6.40. The molecule has 1 heterocycles. The normalized spacial score (nSPS) is 10.3. The van der Waals surface area contributed by atoms with Gasteiger partial charge in [0.2, 0.25) is 11.7 Å². The molecule has 2 aromatic carbocycles. The first-order chi connectivity index (χ1) is 13.1. The zero-order chi connectivity index (χ0) is 19.1. The molecular formula is C19H17ClN4O2S. The number of benzene rings is 2. The van der Waals surface area contributed by atoms with Gasteiger partial charge < -0.3 is 19.9 Å². The van der Waals surface area contributed by atoms with E-state index in [-0.39, 0.29) is 0 Å². The second-order valence-corrected chi connectivity index (χ2v) is 6.30. The van der Waals surface area contributed by atoms with Gasteiger partial charge in [-0.3, -0.25) is 0 Å². The fourth-order valence-electron chi connectivity index (χ4n) is 2.22. The molecule has 0 spiro atoms. The van der Waals surface area contributed by atoms with Crippen molar-refractivity contribution in [2.75, 3.05) is 11.9 Å². The first kappa shape index (κ1) is 18.9. The van der Waals surface area contributed by atoms with E-state index in [1.165, 1.54) is 0 Å². The predicted molar refractivity (Wildman–Crippen MR) is 110 cm³/mol. The van der Waals surface area contributed by atoms with Crippen molar-refractivity contribution in [3.8, 4) is 17.1 Å². The highest BCUT2D eigenvalue weighted by Crippen LogP contribution is 2.20. The largest absolute Gasteiger partial charge is 0.489 e. The van der Waals surface area contributed by atoms with E-state index in [2.05, 4.69) is 27.4 Å². The first-order valence-corrected chi connectivity index (χ1v) is 8.90.